The van der Waals surface area contributed by atoms with Crippen molar-refractivity contribution in [2.75, 3.05) is 11.5 Å². The number of anilines is 2. The van der Waals surface area contributed by atoms with Gasteiger partial charge in [0.05, 0.1) is 33.9 Å². The average Bonchev–Trinajstić information content (AvgIpc) is 2.76. The van der Waals surface area contributed by atoms with Gasteiger partial charge < -0.3 is 16.4 Å². The zero-order valence-corrected chi connectivity index (χ0v) is 13.2. The zero-order valence-electron chi connectivity index (χ0n) is 11.7. The highest BCUT2D eigenvalue weighted by molar-refractivity contribution is 6.39. The van der Waals surface area contributed by atoms with E-state index >= 15 is 0 Å². The number of nitrogens with two attached hydrogens (primary N) is 2. The fraction of sp³-hybridized carbons (Fsp3) is 0.214. The molecule has 2 aromatic rings. The summed E-state index contributed by atoms with van der Waals surface area (Å²) in [5, 5.41) is 0.610. The van der Waals surface area contributed by atoms with Crippen LogP contribution in [-0.2, 0) is 6.54 Å². The molecule has 1 aromatic heterocycles. The molecule has 8 heteroatoms. The maximum absolute atomic E-state index is 12.8. The monoisotopic (exact) mass is 337 g/mol. The van der Waals surface area contributed by atoms with Crippen LogP contribution in [0.5, 0.6) is 0 Å². The quantitative estimate of drug-likeness (QED) is 0.833. The molecule has 0 unspecified atom stereocenters. The van der Waals surface area contributed by atoms with Crippen LogP contribution < -0.4 is 11.5 Å². The fourth-order valence-electron chi connectivity index (χ4n) is 2.59. The van der Waals surface area contributed by atoms with Gasteiger partial charge in [-0.05, 0) is 19.1 Å². The van der Waals surface area contributed by atoms with Crippen molar-refractivity contribution in [2.45, 2.75) is 19.5 Å². The number of rotatable bonds is 1. The van der Waals surface area contributed by atoms with E-state index in [4.69, 9.17) is 34.7 Å². The Morgan fingerprint density at radius 3 is 2.55 bits per heavy atom. The topological polar surface area (TPSA) is 98.1 Å². The number of benzene rings is 1. The van der Waals surface area contributed by atoms with Crippen molar-refractivity contribution in [2.24, 2.45) is 0 Å². The molecule has 4 N–H and O–H groups in total. The molecule has 22 heavy (non-hydrogen) atoms. The van der Waals surface area contributed by atoms with Gasteiger partial charge >= 0.3 is 0 Å². The summed E-state index contributed by atoms with van der Waals surface area (Å²) in [5.74, 6) is 0.0992. The Morgan fingerprint density at radius 1 is 1.27 bits per heavy atom. The van der Waals surface area contributed by atoms with E-state index in [-0.39, 0.29) is 29.3 Å². The fourth-order valence-corrected chi connectivity index (χ4v) is 3.15. The summed E-state index contributed by atoms with van der Waals surface area (Å²) in [6, 6.07) is 4.65. The molecule has 1 aromatic carbocycles. The second-order valence-corrected chi connectivity index (χ2v) is 5.85. The molecule has 3 rings (SSSR count). The Hall–Kier alpha value is -2.05. The van der Waals surface area contributed by atoms with E-state index in [0.717, 1.165) is 0 Å². The van der Waals surface area contributed by atoms with E-state index in [1.165, 1.54) is 0 Å². The maximum Gasteiger partial charge on any atom is 0.257 e. The molecule has 0 saturated carbocycles. The van der Waals surface area contributed by atoms with Gasteiger partial charge in [0.15, 0.2) is 0 Å². The SMILES string of the molecule is C[C@@H]1c2nc(N)nc(N)c2CN1C(=O)c1c(Cl)cccc1Cl. The molecule has 114 valence electrons. The summed E-state index contributed by atoms with van der Waals surface area (Å²) in [4.78, 5) is 22.5. The van der Waals surface area contributed by atoms with Gasteiger partial charge in [-0.2, -0.15) is 4.98 Å². The van der Waals surface area contributed by atoms with Crippen LogP contribution in [0.4, 0.5) is 11.8 Å². The number of carbonyl (C=O) groups is 1. The van der Waals surface area contributed by atoms with Crippen LogP contribution in [0.25, 0.3) is 0 Å². The first-order chi connectivity index (χ1) is 10.4. The van der Waals surface area contributed by atoms with Gasteiger partial charge in [0.1, 0.15) is 5.82 Å². The number of aromatic nitrogens is 2. The Balaban J connectivity index is 2.02. The third-order valence-electron chi connectivity index (χ3n) is 3.72. The van der Waals surface area contributed by atoms with Crippen molar-refractivity contribution in [1.29, 1.82) is 0 Å². The van der Waals surface area contributed by atoms with Crippen molar-refractivity contribution in [3.8, 4) is 0 Å². The molecule has 0 spiro atoms. The van der Waals surface area contributed by atoms with Crippen LogP contribution in [0.2, 0.25) is 10.0 Å². The number of nitrogens with zero attached hydrogens (tertiary/aromatic N) is 3. The van der Waals surface area contributed by atoms with Crippen molar-refractivity contribution in [1.82, 2.24) is 14.9 Å². The van der Waals surface area contributed by atoms with Crippen molar-refractivity contribution in [3.63, 3.8) is 0 Å². The Morgan fingerprint density at radius 2 is 1.91 bits per heavy atom. The van der Waals surface area contributed by atoms with Crippen molar-refractivity contribution >= 4 is 40.9 Å². The zero-order chi connectivity index (χ0) is 16.0. The predicted octanol–water partition coefficient (Wildman–Crippen LogP) is 2.66. The van der Waals surface area contributed by atoms with Crippen LogP contribution in [0, 0.1) is 0 Å². The third kappa shape index (κ3) is 2.24. The van der Waals surface area contributed by atoms with E-state index in [0.29, 0.717) is 27.8 Å². The Labute approximate surface area is 137 Å². The number of amides is 1. The van der Waals surface area contributed by atoms with Gasteiger partial charge in [0.2, 0.25) is 5.95 Å². The van der Waals surface area contributed by atoms with Crippen LogP contribution in [0.15, 0.2) is 18.2 Å². The molecule has 1 atom stereocenters. The summed E-state index contributed by atoms with van der Waals surface area (Å²) in [7, 11) is 0. The molecule has 0 bridgehead atoms. The molecule has 0 aliphatic carbocycles. The Bertz CT molecular complexity index is 760. The van der Waals surface area contributed by atoms with E-state index < -0.39 is 0 Å². The first kappa shape index (κ1) is 14.9. The lowest BCUT2D eigenvalue weighted by molar-refractivity contribution is 0.0704. The average molecular weight is 338 g/mol. The first-order valence-electron chi connectivity index (χ1n) is 6.57. The van der Waals surface area contributed by atoms with Crippen molar-refractivity contribution in [3.05, 3.63) is 45.1 Å². The van der Waals surface area contributed by atoms with Crippen LogP contribution in [0.3, 0.4) is 0 Å². The molecule has 1 aliphatic heterocycles. The van der Waals surface area contributed by atoms with Crippen LogP contribution in [-0.4, -0.2) is 20.8 Å². The maximum atomic E-state index is 12.8. The predicted molar refractivity (Wildman–Crippen MR) is 85.6 cm³/mol. The third-order valence-corrected chi connectivity index (χ3v) is 4.35. The molecular formula is C14H13Cl2N5O. The van der Waals surface area contributed by atoms with Crippen molar-refractivity contribution < 1.29 is 4.79 Å². The summed E-state index contributed by atoms with van der Waals surface area (Å²) < 4.78 is 0. The first-order valence-corrected chi connectivity index (χ1v) is 7.32. The number of hydrogen-bond acceptors (Lipinski definition) is 5. The van der Waals surface area contributed by atoms with E-state index in [9.17, 15) is 4.79 Å². The largest absolute Gasteiger partial charge is 0.383 e. The smallest absolute Gasteiger partial charge is 0.257 e. The van der Waals surface area contributed by atoms with Gasteiger partial charge in [-0.25, -0.2) is 4.98 Å². The van der Waals surface area contributed by atoms with E-state index in [1.807, 2.05) is 6.92 Å². The van der Waals surface area contributed by atoms with E-state index in [2.05, 4.69) is 9.97 Å². The lowest BCUT2D eigenvalue weighted by atomic mass is 10.1. The standard InChI is InChI=1S/C14H13Cl2N5O/c1-6-11-7(12(17)20-14(18)19-11)5-21(6)13(22)10-8(15)3-2-4-9(10)16/h2-4,6H,5H2,1H3,(H4,17,18,19,20)/t6-/m1/s1. The minimum atomic E-state index is -0.289. The molecule has 0 saturated heterocycles. The number of nitrogen functional groups attached to an aromatic ring is 2. The summed E-state index contributed by atoms with van der Waals surface area (Å²) in [6.07, 6.45) is 0. The minimum absolute atomic E-state index is 0.0909. The second kappa shape index (κ2) is 5.30. The van der Waals surface area contributed by atoms with Crippen LogP contribution >= 0.6 is 23.2 Å². The molecule has 1 aliphatic rings. The minimum Gasteiger partial charge on any atom is -0.383 e. The second-order valence-electron chi connectivity index (χ2n) is 5.04. The number of halogens is 2. The van der Waals surface area contributed by atoms with Gasteiger partial charge in [0.25, 0.3) is 5.91 Å². The van der Waals surface area contributed by atoms with Gasteiger partial charge in [-0.3, -0.25) is 4.79 Å². The van der Waals surface area contributed by atoms with Gasteiger partial charge in [-0.15, -0.1) is 0 Å². The summed E-state index contributed by atoms with van der Waals surface area (Å²) in [5.41, 5.74) is 13.1. The normalized spacial score (nSPS) is 16.7. The number of fused-ring (bicyclic) bond motifs is 1. The molecule has 6 nitrogen and oxygen atoms in total. The summed E-state index contributed by atoms with van der Waals surface area (Å²) in [6.45, 7) is 2.14. The van der Waals surface area contributed by atoms with E-state index in [1.54, 1.807) is 23.1 Å². The lowest BCUT2D eigenvalue weighted by Gasteiger charge is -2.22. The molecule has 0 fully saturated rings. The molecule has 2 heterocycles. The lowest BCUT2D eigenvalue weighted by Crippen LogP contribution is -2.28. The molecular weight excluding hydrogens is 325 g/mol. The Kier molecular flexibility index (Phi) is 3.58. The van der Waals surface area contributed by atoms with Gasteiger partial charge in [0, 0.05) is 5.56 Å². The van der Waals surface area contributed by atoms with Gasteiger partial charge in [-0.1, -0.05) is 29.3 Å². The highest BCUT2D eigenvalue weighted by Gasteiger charge is 2.35. The number of hydrogen-bond donors (Lipinski definition) is 2. The molecule has 0 radical (unpaired) electrons. The van der Waals surface area contributed by atoms with Crippen LogP contribution in [0.1, 0.15) is 34.6 Å². The highest BCUT2D eigenvalue weighted by Crippen LogP contribution is 2.37. The molecule has 1 amide bonds. The summed E-state index contributed by atoms with van der Waals surface area (Å²) >= 11 is 12.2. The highest BCUT2D eigenvalue weighted by atomic mass is 35.5. The number of carbonyl (C=O) groups excluding carboxylic acids is 1.